The number of hydrogen-bond donors (Lipinski definition) is 1. The quantitative estimate of drug-likeness (QED) is 0.755. The third kappa shape index (κ3) is 2.87. The Hall–Kier alpha value is -2.40. The maximum absolute atomic E-state index is 12.4. The Kier molecular flexibility index (Phi) is 3.35. The number of nitrogen functional groups attached to an aromatic ring is 1. The third-order valence-corrected chi connectivity index (χ3v) is 4.90. The van der Waals surface area contributed by atoms with Crippen LogP contribution >= 0.6 is 0 Å². The highest BCUT2D eigenvalue weighted by atomic mass is 32.2. The summed E-state index contributed by atoms with van der Waals surface area (Å²) in [6.07, 6.45) is 0. The standard InChI is InChI=1S/C16H14N2O2S/c17-13-6-9-15(10-7-13)21(19,20)11-14-8-5-12-3-1-2-4-16(12)18-14/h1-10H,11,17H2. The summed E-state index contributed by atoms with van der Waals surface area (Å²) in [5.74, 6) is -0.123. The molecule has 4 nitrogen and oxygen atoms in total. The molecule has 106 valence electrons. The van der Waals surface area contributed by atoms with Gasteiger partial charge in [-0.15, -0.1) is 0 Å². The van der Waals surface area contributed by atoms with Gasteiger partial charge in [-0.3, -0.25) is 4.98 Å². The SMILES string of the molecule is Nc1ccc(S(=O)(=O)Cc2ccc3ccccc3n2)cc1. The lowest BCUT2D eigenvalue weighted by molar-refractivity contribution is 0.595. The van der Waals surface area contributed by atoms with Gasteiger partial charge in [0.2, 0.25) is 0 Å². The van der Waals surface area contributed by atoms with Crippen LogP contribution in [0.25, 0.3) is 10.9 Å². The van der Waals surface area contributed by atoms with Crippen LogP contribution in [0.4, 0.5) is 5.69 Å². The Morgan fingerprint density at radius 3 is 2.38 bits per heavy atom. The molecular formula is C16H14N2O2S. The van der Waals surface area contributed by atoms with Crippen molar-refractivity contribution in [3.05, 3.63) is 66.4 Å². The highest BCUT2D eigenvalue weighted by Crippen LogP contribution is 2.19. The Morgan fingerprint density at radius 1 is 0.905 bits per heavy atom. The molecule has 0 amide bonds. The fraction of sp³-hybridized carbons (Fsp3) is 0.0625. The molecule has 0 radical (unpaired) electrons. The van der Waals surface area contributed by atoms with Gasteiger partial charge in [0.15, 0.2) is 9.84 Å². The van der Waals surface area contributed by atoms with Crippen LogP contribution in [0.5, 0.6) is 0 Å². The minimum absolute atomic E-state index is 0.123. The molecule has 5 heteroatoms. The fourth-order valence-electron chi connectivity index (χ4n) is 2.14. The van der Waals surface area contributed by atoms with Crippen LogP contribution in [0, 0.1) is 0 Å². The van der Waals surface area contributed by atoms with E-state index in [9.17, 15) is 8.42 Å². The molecule has 21 heavy (non-hydrogen) atoms. The van der Waals surface area contributed by atoms with Gasteiger partial charge in [0.05, 0.1) is 21.9 Å². The summed E-state index contributed by atoms with van der Waals surface area (Å²) in [7, 11) is -3.42. The zero-order chi connectivity index (χ0) is 14.9. The number of pyridine rings is 1. The smallest absolute Gasteiger partial charge is 0.184 e. The van der Waals surface area contributed by atoms with Gasteiger partial charge in [0, 0.05) is 11.1 Å². The summed E-state index contributed by atoms with van der Waals surface area (Å²) in [4.78, 5) is 4.66. The zero-order valence-corrected chi connectivity index (χ0v) is 12.0. The molecule has 2 aromatic carbocycles. The lowest BCUT2D eigenvalue weighted by atomic mass is 10.2. The van der Waals surface area contributed by atoms with Crippen molar-refractivity contribution in [2.75, 3.05) is 5.73 Å². The monoisotopic (exact) mass is 298 g/mol. The molecule has 0 aliphatic carbocycles. The van der Waals surface area contributed by atoms with Gasteiger partial charge >= 0.3 is 0 Å². The van der Waals surface area contributed by atoms with Crippen LogP contribution in [0.3, 0.4) is 0 Å². The molecule has 0 saturated carbocycles. The summed E-state index contributed by atoms with van der Waals surface area (Å²) >= 11 is 0. The molecule has 0 saturated heterocycles. The number of sulfone groups is 1. The molecule has 0 spiro atoms. The van der Waals surface area contributed by atoms with Crippen LogP contribution in [0.15, 0.2) is 65.6 Å². The van der Waals surface area contributed by atoms with Crippen LogP contribution in [0.1, 0.15) is 5.69 Å². The second kappa shape index (κ2) is 5.18. The van der Waals surface area contributed by atoms with Crippen molar-refractivity contribution in [1.82, 2.24) is 4.98 Å². The van der Waals surface area contributed by atoms with E-state index in [4.69, 9.17) is 5.73 Å². The van der Waals surface area contributed by atoms with Gasteiger partial charge in [-0.1, -0.05) is 24.3 Å². The third-order valence-electron chi connectivity index (χ3n) is 3.23. The van der Waals surface area contributed by atoms with Crippen molar-refractivity contribution >= 4 is 26.4 Å². The summed E-state index contributed by atoms with van der Waals surface area (Å²) in [6, 6.07) is 17.5. The number of nitrogens with two attached hydrogens (primary N) is 1. The van der Waals surface area contributed by atoms with E-state index in [1.54, 1.807) is 18.2 Å². The van der Waals surface area contributed by atoms with E-state index in [1.807, 2.05) is 30.3 Å². The molecule has 1 aromatic heterocycles. The van der Waals surface area contributed by atoms with Crippen molar-refractivity contribution in [3.8, 4) is 0 Å². The molecule has 0 fully saturated rings. The Bertz CT molecular complexity index is 888. The fourth-order valence-corrected chi connectivity index (χ4v) is 3.41. The van der Waals surface area contributed by atoms with Gasteiger partial charge in [-0.25, -0.2) is 8.42 Å². The van der Waals surface area contributed by atoms with Crippen LogP contribution < -0.4 is 5.73 Å². The first-order chi connectivity index (χ1) is 10.0. The van der Waals surface area contributed by atoms with Crippen LogP contribution in [-0.2, 0) is 15.6 Å². The average Bonchev–Trinajstić information content (AvgIpc) is 2.47. The second-order valence-electron chi connectivity index (χ2n) is 4.82. The van der Waals surface area contributed by atoms with Crippen molar-refractivity contribution in [3.63, 3.8) is 0 Å². The Morgan fingerprint density at radius 2 is 1.62 bits per heavy atom. The molecule has 3 aromatic rings. The first-order valence-corrected chi connectivity index (χ1v) is 8.13. The minimum Gasteiger partial charge on any atom is -0.399 e. The second-order valence-corrected chi connectivity index (χ2v) is 6.81. The Balaban J connectivity index is 1.95. The number of anilines is 1. The number of hydrogen-bond acceptors (Lipinski definition) is 4. The van der Waals surface area contributed by atoms with Crippen molar-refractivity contribution in [2.24, 2.45) is 0 Å². The van der Waals surface area contributed by atoms with Gasteiger partial charge < -0.3 is 5.73 Å². The number of benzene rings is 2. The number of nitrogens with zero attached hydrogens (tertiary/aromatic N) is 1. The summed E-state index contributed by atoms with van der Waals surface area (Å²) < 4.78 is 24.7. The lowest BCUT2D eigenvalue weighted by Gasteiger charge is -2.06. The van der Waals surface area contributed by atoms with E-state index in [-0.39, 0.29) is 10.6 Å². The van der Waals surface area contributed by atoms with E-state index >= 15 is 0 Å². The molecule has 0 atom stereocenters. The molecule has 0 unspecified atom stereocenters. The molecule has 1 heterocycles. The highest BCUT2D eigenvalue weighted by Gasteiger charge is 2.16. The molecule has 3 rings (SSSR count). The van der Waals surface area contributed by atoms with Gasteiger partial charge in [0.1, 0.15) is 0 Å². The first kappa shape index (κ1) is 13.6. The van der Waals surface area contributed by atoms with Crippen molar-refractivity contribution in [2.45, 2.75) is 10.6 Å². The summed E-state index contributed by atoms with van der Waals surface area (Å²) in [6.45, 7) is 0. The van der Waals surface area contributed by atoms with Gasteiger partial charge in [0.25, 0.3) is 0 Å². The van der Waals surface area contributed by atoms with Gasteiger partial charge in [-0.2, -0.15) is 0 Å². The van der Waals surface area contributed by atoms with Gasteiger partial charge in [-0.05, 0) is 36.4 Å². The maximum Gasteiger partial charge on any atom is 0.184 e. The maximum atomic E-state index is 12.4. The number of rotatable bonds is 3. The average molecular weight is 298 g/mol. The van der Waals surface area contributed by atoms with Crippen molar-refractivity contribution < 1.29 is 8.42 Å². The molecule has 0 bridgehead atoms. The van der Waals surface area contributed by atoms with E-state index in [1.165, 1.54) is 12.1 Å². The molecular weight excluding hydrogens is 284 g/mol. The zero-order valence-electron chi connectivity index (χ0n) is 11.2. The van der Waals surface area contributed by atoms with Crippen LogP contribution in [0.2, 0.25) is 0 Å². The predicted molar refractivity (Wildman–Crippen MR) is 83.5 cm³/mol. The van der Waals surface area contributed by atoms with Crippen LogP contribution in [-0.4, -0.2) is 13.4 Å². The van der Waals surface area contributed by atoms with E-state index in [2.05, 4.69) is 4.98 Å². The molecule has 0 aliphatic heterocycles. The summed E-state index contributed by atoms with van der Waals surface area (Å²) in [5, 5.41) is 0.992. The number of para-hydroxylation sites is 1. The topological polar surface area (TPSA) is 73.1 Å². The predicted octanol–water partition coefficient (Wildman–Crippen LogP) is 2.79. The normalized spacial score (nSPS) is 11.6. The molecule has 0 aliphatic rings. The molecule has 2 N–H and O–H groups in total. The highest BCUT2D eigenvalue weighted by molar-refractivity contribution is 7.90. The van der Waals surface area contributed by atoms with E-state index in [0.717, 1.165) is 10.9 Å². The first-order valence-electron chi connectivity index (χ1n) is 6.47. The van der Waals surface area contributed by atoms with E-state index < -0.39 is 9.84 Å². The minimum atomic E-state index is -3.42. The summed E-state index contributed by atoms with van der Waals surface area (Å²) in [5.41, 5.74) is 7.44. The van der Waals surface area contributed by atoms with E-state index in [0.29, 0.717) is 11.4 Å². The largest absolute Gasteiger partial charge is 0.399 e. The number of fused-ring (bicyclic) bond motifs is 1. The Labute approximate surface area is 123 Å². The van der Waals surface area contributed by atoms with Crippen molar-refractivity contribution in [1.29, 1.82) is 0 Å². The number of aromatic nitrogens is 1. The lowest BCUT2D eigenvalue weighted by Crippen LogP contribution is -2.06.